The normalized spacial score (nSPS) is 12.9. The van der Waals surface area contributed by atoms with Gasteiger partial charge in [-0.1, -0.05) is 84.9 Å². The third-order valence-corrected chi connectivity index (χ3v) is 7.57. The number of carbonyl (C=O) groups excluding carboxylic acids is 2. The minimum absolute atomic E-state index is 0.136. The van der Waals surface area contributed by atoms with E-state index in [4.69, 9.17) is 0 Å². The Morgan fingerprint density at radius 1 is 0.667 bits per heavy atom. The summed E-state index contributed by atoms with van der Waals surface area (Å²) in [6.07, 6.45) is 3.20. The van der Waals surface area contributed by atoms with E-state index in [0.717, 1.165) is 22.6 Å². The number of hydrogen-bond donors (Lipinski definition) is 2. The summed E-state index contributed by atoms with van der Waals surface area (Å²) in [5.74, 6) is 1.27. The highest BCUT2D eigenvalue weighted by molar-refractivity contribution is 8.00. The van der Waals surface area contributed by atoms with E-state index in [1.54, 1.807) is 36.0 Å². The van der Waals surface area contributed by atoms with E-state index < -0.39 is 0 Å². The van der Waals surface area contributed by atoms with Crippen molar-refractivity contribution in [3.05, 3.63) is 107 Å². The van der Waals surface area contributed by atoms with E-state index >= 15 is 0 Å². The van der Waals surface area contributed by atoms with Gasteiger partial charge >= 0.3 is 0 Å². The first-order valence-electron chi connectivity index (χ1n) is 11.6. The molecule has 0 saturated heterocycles. The van der Waals surface area contributed by atoms with Gasteiger partial charge in [0.15, 0.2) is 0 Å². The Hall–Kier alpha value is -3.36. The SMILES string of the molecule is C[C@H](SCc1ccccc1)C(=O)N/N=C\c1ccc(/C=N\NC(=O)[C@@H](C)SCc2ccccc2)cc1. The van der Waals surface area contributed by atoms with Crippen molar-refractivity contribution < 1.29 is 9.59 Å². The predicted molar refractivity (Wildman–Crippen MR) is 152 cm³/mol. The van der Waals surface area contributed by atoms with Gasteiger partial charge in [0.05, 0.1) is 22.9 Å². The number of carbonyl (C=O) groups is 2. The number of nitrogens with zero attached hydrogens (tertiary/aromatic N) is 2. The predicted octanol–water partition coefficient (Wildman–Crippen LogP) is 5.23. The van der Waals surface area contributed by atoms with Crippen molar-refractivity contribution in [1.29, 1.82) is 0 Å². The van der Waals surface area contributed by atoms with Crippen molar-refractivity contribution >= 4 is 47.8 Å². The second-order valence-electron chi connectivity index (χ2n) is 8.01. The third kappa shape index (κ3) is 9.71. The molecule has 0 aromatic heterocycles. The molecule has 2 amide bonds. The van der Waals surface area contributed by atoms with Gasteiger partial charge < -0.3 is 0 Å². The number of hydrazone groups is 2. The molecule has 0 saturated carbocycles. The minimum Gasteiger partial charge on any atom is -0.272 e. The maximum atomic E-state index is 12.2. The molecule has 3 rings (SSSR count). The van der Waals surface area contributed by atoms with Gasteiger partial charge in [0.1, 0.15) is 0 Å². The second-order valence-corrected chi connectivity index (χ2v) is 10.7. The maximum absolute atomic E-state index is 12.2. The lowest BCUT2D eigenvalue weighted by molar-refractivity contribution is -0.121. The number of amides is 2. The van der Waals surface area contributed by atoms with Gasteiger partial charge in [-0.25, -0.2) is 10.9 Å². The first kappa shape index (κ1) is 27.2. The molecule has 0 aliphatic rings. The molecule has 0 radical (unpaired) electrons. The average Bonchev–Trinajstić information content (AvgIpc) is 2.92. The minimum atomic E-state index is -0.212. The molecule has 0 aliphatic carbocycles. The molecule has 0 unspecified atom stereocenters. The number of thioether (sulfide) groups is 2. The van der Waals surface area contributed by atoms with E-state index in [1.165, 1.54) is 11.1 Å². The summed E-state index contributed by atoms with van der Waals surface area (Å²) in [6, 6.07) is 27.6. The van der Waals surface area contributed by atoms with Gasteiger partial charge in [-0.05, 0) is 36.1 Å². The fourth-order valence-corrected chi connectivity index (χ4v) is 4.61. The molecule has 36 heavy (non-hydrogen) atoms. The van der Waals surface area contributed by atoms with Gasteiger partial charge in [-0.15, -0.1) is 23.5 Å². The summed E-state index contributed by atoms with van der Waals surface area (Å²) < 4.78 is 0. The number of nitrogens with one attached hydrogen (secondary N) is 2. The molecule has 2 N–H and O–H groups in total. The van der Waals surface area contributed by atoms with Crippen LogP contribution in [-0.4, -0.2) is 34.7 Å². The van der Waals surface area contributed by atoms with Crippen LogP contribution in [0.15, 0.2) is 95.1 Å². The van der Waals surface area contributed by atoms with Gasteiger partial charge in [-0.2, -0.15) is 10.2 Å². The molecule has 2 atom stereocenters. The quantitative estimate of drug-likeness (QED) is 0.254. The molecule has 3 aromatic rings. The zero-order chi connectivity index (χ0) is 25.6. The van der Waals surface area contributed by atoms with Crippen molar-refractivity contribution in [2.75, 3.05) is 0 Å². The van der Waals surface area contributed by atoms with E-state index in [2.05, 4.69) is 21.1 Å². The van der Waals surface area contributed by atoms with Crippen LogP contribution in [0.1, 0.15) is 36.1 Å². The molecule has 186 valence electrons. The van der Waals surface area contributed by atoms with Gasteiger partial charge in [0.25, 0.3) is 11.8 Å². The fraction of sp³-hybridized carbons (Fsp3) is 0.214. The summed E-state index contributed by atoms with van der Waals surface area (Å²) in [5, 5.41) is 7.70. The Kier molecular flexibility index (Phi) is 11.3. The summed E-state index contributed by atoms with van der Waals surface area (Å²) >= 11 is 3.13. The number of benzene rings is 3. The third-order valence-electron chi connectivity index (χ3n) is 5.14. The fourth-order valence-electron chi connectivity index (χ4n) is 2.93. The first-order valence-corrected chi connectivity index (χ1v) is 13.7. The Balaban J connectivity index is 1.37. The molecule has 0 spiro atoms. The smallest absolute Gasteiger partial charge is 0.252 e. The van der Waals surface area contributed by atoms with Crippen molar-refractivity contribution in [2.24, 2.45) is 10.2 Å². The van der Waals surface area contributed by atoms with Gasteiger partial charge in [0.2, 0.25) is 0 Å². The lowest BCUT2D eigenvalue weighted by Gasteiger charge is -2.09. The summed E-state index contributed by atoms with van der Waals surface area (Å²) in [7, 11) is 0. The Morgan fingerprint density at radius 2 is 1.03 bits per heavy atom. The second kappa shape index (κ2) is 14.9. The Labute approximate surface area is 221 Å². The van der Waals surface area contributed by atoms with Crippen LogP contribution < -0.4 is 10.9 Å². The summed E-state index contributed by atoms with van der Waals surface area (Å²) in [6.45, 7) is 3.74. The number of hydrogen-bond acceptors (Lipinski definition) is 6. The Bertz CT molecular complexity index is 1060. The van der Waals surface area contributed by atoms with Crippen LogP contribution in [0.25, 0.3) is 0 Å². The van der Waals surface area contributed by atoms with Crippen LogP contribution in [0, 0.1) is 0 Å². The number of rotatable bonds is 12. The monoisotopic (exact) mass is 518 g/mol. The molecule has 8 heteroatoms. The molecule has 0 bridgehead atoms. The van der Waals surface area contributed by atoms with Crippen LogP contribution in [-0.2, 0) is 21.1 Å². The van der Waals surface area contributed by atoms with Crippen molar-refractivity contribution in [3.8, 4) is 0 Å². The van der Waals surface area contributed by atoms with Crippen LogP contribution in [0.4, 0.5) is 0 Å². The van der Waals surface area contributed by atoms with Crippen LogP contribution in [0.3, 0.4) is 0 Å². The van der Waals surface area contributed by atoms with Crippen LogP contribution >= 0.6 is 23.5 Å². The molecule has 0 fully saturated rings. The average molecular weight is 519 g/mol. The molecule has 0 aliphatic heterocycles. The van der Waals surface area contributed by atoms with E-state index in [0.29, 0.717) is 0 Å². The highest BCUT2D eigenvalue weighted by Crippen LogP contribution is 2.18. The standard InChI is InChI=1S/C28H30N4O2S2/c1-21(35-19-25-9-5-3-6-10-25)27(33)31-29-17-23-13-15-24(16-14-23)18-30-32-28(34)22(2)36-20-26-11-7-4-8-12-26/h3-18,21-22H,19-20H2,1-2H3,(H,31,33)(H,32,34)/b29-17-,30-18-/t21-,22+. The van der Waals surface area contributed by atoms with Crippen molar-refractivity contribution in [2.45, 2.75) is 35.9 Å². The Morgan fingerprint density at radius 3 is 1.39 bits per heavy atom. The lowest BCUT2D eigenvalue weighted by Crippen LogP contribution is -2.27. The lowest BCUT2D eigenvalue weighted by atomic mass is 10.2. The molecule has 3 aromatic carbocycles. The summed E-state index contributed by atoms with van der Waals surface area (Å²) in [5.41, 5.74) is 9.24. The highest BCUT2D eigenvalue weighted by Gasteiger charge is 2.13. The zero-order valence-electron chi connectivity index (χ0n) is 20.3. The largest absolute Gasteiger partial charge is 0.272 e. The zero-order valence-corrected chi connectivity index (χ0v) is 22.0. The van der Waals surface area contributed by atoms with E-state index in [-0.39, 0.29) is 22.3 Å². The van der Waals surface area contributed by atoms with Gasteiger partial charge in [0, 0.05) is 11.5 Å². The highest BCUT2D eigenvalue weighted by atomic mass is 32.2. The molecular formula is C28H30N4O2S2. The van der Waals surface area contributed by atoms with Crippen LogP contribution in [0.5, 0.6) is 0 Å². The molecule has 0 heterocycles. The maximum Gasteiger partial charge on any atom is 0.252 e. The molecule has 6 nitrogen and oxygen atoms in total. The first-order chi connectivity index (χ1) is 17.5. The summed E-state index contributed by atoms with van der Waals surface area (Å²) in [4.78, 5) is 24.5. The van der Waals surface area contributed by atoms with Crippen molar-refractivity contribution in [3.63, 3.8) is 0 Å². The van der Waals surface area contributed by atoms with Gasteiger partial charge in [-0.3, -0.25) is 9.59 Å². The van der Waals surface area contributed by atoms with E-state index in [9.17, 15) is 9.59 Å². The molecular weight excluding hydrogens is 488 g/mol. The van der Waals surface area contributed by atoms with Crippen molar-refractivity contribution in [1.82, 2.24) is 10.9 Å². The van der Waals surface area contributed by atoms with E-state index in [1.807, 2.05) is 98.8 Å². The topological polar surface area (TPSA) is 82.9 Å². The van der Waals surface area contributed by atoms with Crippen LogP contribution in [0.2, 0.25) is 0 Å².